The van der Waals surface area contributed by atoms with Gasteiger partial charge in [-0.1, -0.05) is 26.0 Å². The molecule has 5 rings (SSSR count). The van der Waals surface area contributed by atoms with Crippen molar-refractivity contribution in [2.24, 2.45) is 5.92 Å². The number of aliphatic hydroxyl groups is 1. The molecule has 3 aromatic heterocycles. The number of likely N-dealkylation sites (tertiary alicyclic amines) is 1. The van der Waals surface area contributed by atoms with E-state index in [9.17, 15) is 20.0 Å². The van der Waals surface area contributed by atoms with Crippen molar-refractivity contribution in [1.82, 2.24) is 19.4 Å². The molecule has 0 radical (unpaired) electrons. The number of carbonyl (C=O) groups is 2. The quantitative estimate of drug-likeness (QED) is 0.244. The fraction of sp³-hybridized carbons (Fsp3) is 0.321. The number of hydrogen-bond donors (Lipinski definition) is 2. The van der Waals surface area contributed by atoms with Gasteiger partial charge in [0.1, 0.15) is 11.6 Å². The lowest BCUT2D eigenvalue weighted by Gasteiger charge is -2.26. The van der Waals surface area contributed by atoms with Gasteiger partial charge in [0.25, 0.3) is 11.8 Å². The third-order valence-corrected chi connectivity index (χ3v) is 7.71. The summed E-state index contributed by atoms with van der Waals surface area (Å²) in [5.41, 5.74) is 2.25. The Hall–Kier alpha value is -4.27. The van der Waals surface area contributed by atoms with Gasteiger partial charge in [-0.05, 0) is 48.6 Å². The van der Waals surface area contributed by atoms with Crippen LogP contribution in [0.1, 0.15) is 41.9 Å². The van der Waals surface area contributed by atoms with Gasteiger partial charge in [-0.3, -0.25) is 14.9 Å². The molecule has 1 atom stereocenters. The second-order valence-corrected chi connectivity index (χ2v) is 10.8. The number of amides is 2. The number of anilines is 1. The lowest BCUT2D eigenvalue weighted by atomic mass is 10.1. The summed E-state index contributed by atoms with van der Waals surface area (Å²) in [7, 11) is 0. The molecule has 2 N–H and O–H groups in total. The van der Waals surface area contributed by atoms with Crippen LogP contribution in [0.3, 0.4) is 0 Å². The Kier molecular flexibility index (Phi) is 7.58. The van der Waals surface area contributed by atoms with E-state index in [1.165, 1.54) is 17.7 Å². The van der Waals surface area contributed by atoms with Gasteiger partial charge in [-0.15, -0.1) is 11.3 Å². The largest absolute Gasteiger partial charge is 0.443 e. The van der Waals surface area contributed by atoms with E-state index in [0.29, 0.717) is 40.8 Å². The average Bonchev–Trinajstić information content (AvgIpc) is 3.73. The van der Waals surface area contributed by atoms with Crippen LogP contribution >= 0.6 is 11.3 Å². The molecule has 0 bridgehead atoms. The monoisotopic (exact) mass is 544 g/mol. The Balaban J connectivity index is 1.45. The zero-order chi connectivity index (χ0) is 27.5. The molecule has 200 valence electrons. The minimum absolute atomic E-state index is 0.0756. The molecule has 1 unspecified atom stereocenters. The van der Waals surface area contributed by atoms with E-state index in [0.717, 1.165) is 23.2 Å². The Bertz CT molecular complexity index is 1580. The summed E-state index contributed by atoms with van der Waals surface area (Å²) in [5, 5.41) is 22.2. The number of benzene rings is 1. The average molecular weight is 545 g/mol. The summed E-state index contributed by atoms with van der Waals surface area (Å²) < 4.78 is 7.23. The lowest BCUT2D eigenvalue weighted by molar-refractivity contribution is -0.127. The van der Waals surface area contributed by atoms with Gasteiger partial charge in [-0.25, -0.2) is 9.97 Å². The summed E-state index contributed by atoms with van der Waals surface area (Å²) in [6.07, 6.45) is 6.21. The van der Waals surface area contributed by atoms with Crippen LogP contribution in [0.4, 0.5) is 5.95 Å². The second-order valence-electron chi connectivity index (χ2n) is 9.74. The zero-order valence-electron chi connectivity index (χ0n) is 21.6. The number of nitrogens with one attached hydrogen (secondary N) is 1. The molecule has 10 nitrogen and oxygen atoms in total. The van der Waals surface area contributed by atoms with Crippen molar-refractivity contribution >= 4 is 40.1 Å². The van der Waals surface area contributed by atoms with Crippen LogP contribution in [-0.2, 0) is 17.9 Å². The van der Waals surface area contributed by atoms with Crippen LogP contribution in [0, 0.1) is 17.2 Å². The molecular weight excluding hydrogens is 516 g/mol. The number of oxazole rings is 1. The fourth-order valence-electron chi connectivity index (χ4n) is 4.79. The van der Waals surface area contributed by atoms with Crippen molar-refractivity contribution in [2.45, 2.75) is 45.9 Å². The van der Waals surface area contributed by atoms with Crippen LogP contribution in [0.25, 0.3) is 21.7 Å². The fourth-order valence-corrected chi connectivity index (χ4v) is 5.65. The van der Waals surface area contributed by atoms with Crippen LogP contribution in [0.15, 0.2) is 59.0 Å². The number of allylic oxidation sites excluding steroid dienone is 1. The summed E-state index contributed by atoms with van der Waals surface area (Å²) in [6, 6.07) is 10.9. The molecule has 1 aromatic carbocycles. The SMILES string of the molecule is CC(C)C=C(C#N)C(=O)N1CCCC1Cn1c(NC(=O)c2ccc(-c3cnco3)s2)nc2cc(CO)ccc21. The zero-order valence-corrected chi connectivity index (χ0v) is 22.4. The van der Waals surface area contributed by atoms with Crippen molar-refractivity contribution in [3.05, 3.63) is 65.0 Å². The number of nitrogens with zero attached hydrogens (tertiary/aromatic N) is 5. The van der Waals surface area contributed by atoms with Gasteiger partial charge in [0.15, 0.2) is 12.2 Å². The van der Waals surface area contributed by atoms with E-state index in [2.05, 4.69) is 21.4 Å². The molecule has 2 amide bonds. The van der Waals surface area contributed by atoms with Crippen LogP contribution in [0.2, 0.25) is 0 Å². The van der Waals surface area contributed by atoms with Gasteiger partial charge >= 0.3 is 0 Å². The van der Waals surface area contributed by atoms with Crippen molar-refractivity contribution in [3.63, 3.8) is 0 Å². The standard InChI is InChI=1S/C28H28N6O4S/c1-17(2)10-19(12-29)27(37)33-9-3-4-20(33)14-34-22-6-5-18(15-35)11-21(22)31-28(34)32-26(36)25-8-7-24(39-25)23-13-30-16-38-23/h5-8,10-11,13,16-17,20,35H,3-4,9,14-15H2,1-2H3,(H,31,32,36). The molecule has 1 aliphatic heterocycles. The van der Waals surface area contributed by atoms with E-state index in [1.807, 2.05) is 30.5 Å². The van der Waals surface area contributed by atoms with Gasteiger partial charge in [0, 0.05) is 13.1 Å². The summed E-state index contributed by atoms with van der Waals surface area (Å²) in [4.78, 5) is 38.1. The maximum Gasteiger partial charge on any atom is 0.268 e. The molecule has 11 heteroatoms. The minimum Gasteiger partial charge on any atom is -0.443 e. The molecular formula is C28H28N6O4S. The molecule has 39 heavy (non-hydrogen) atoms. The smallest absolute Gasteiger partial charge is 0.268 e. The molecule has 0 spiro atoms. The number of thiophene rings is 1. The van der Waals surface area contributed by atoms with Gasteiger partial charge in [0.2, 0.25) is 5.95 Å². The number of imidazole rings is 1. The highest BCUT2D eigenvalue weighted by Crippen LogP contribution is 2.30. The van der Waals surface area contributed by atoms with E-state index in [4.69, 9.17) is 4.42 Å². The van der Waals surface area contributed by atoms with E-state index in [1.54, 1.807) is 35.4 Å². The van der Waals surface area contributed by atoms with Crippen LogP contribution in [-0.4, -0.2) is 48.9 Å². The number of carbonyl (C=O) groups excluding carboxylic acids is 2. The maximum atomic E-state index is 13.2. The molecule has 4 heterocycles. The van der Waals surface area contributed by atoms with Crippen LogP contribution < -0.4 is 5.32 Å². The van der Waals surface area contributed by atoms with Crippen molar-refractivity contribution in [3.8, 4) is 16.7 Å². The summed E-state index contributed by atoms with van der Waals surface area (Å²) in [6.45, 7) is 4.69. The van der Waals surface area contributed by atoms with Crippen LogP contribution in [0.5, 0.6) is 0 Å². The molecule has 1 fully saturated rings. The Morgan fingerprint density at radius 1 is 1.33 bits per heavy atom. The van der Waals surface area contributed by atoms with E-state index in [-0.39, 0.29) is 36.0 Å². The van der Waals surface area contributed by atoms with E-state index >= 15 is 0 Å². The Morgan fingerprint density at radius 3 is 2.90 bits per heavy atom. The first kappa shape index (κ1) is 26.3. The van der Waals surface area contributed by atoms with Crippen molar-refractivity contribution < 1.29 is 19.1 Å². The number of aromatic nitrogens is 3. The molecule has 1 saturated heterocycles. The summed E-state index contributed by atoms with van der Waals surface area (Å²) >= 11 is 1.28. The van der Waals surface area contributed by atoms with Gasteiger partial charge < -0.3 is 19.0 Å². The van der Waals surface area contributed by atoms with Gasteiger partial charge in [0.05, 0.1) is 39.6 Å². The number of rotatable bonds is 8. The third-order valence-electron chi connectivity index (χ3n) is 6.61. The van der Waals surface area contributed by atoms with Crippen molar-refractivity contribution in [1.29, 1.82) is 5.26 Å². The van der Waals surface area contributed by atoms with Crippen molar-refractivity contribution in [2.75, 3.05) is 11.9 Å². The van der Waals surface area contributed by atoms with Gasteiger partial charge in [-0.2, -0.15) is 5.26 Å². The first-order valence-corrected chi connectivity index (χ1v) is 13.5. The predicted molar refractivity (Wildman–Crippen MR) is 147 cm³/mol. The number of nitriles is 1. The predicted octanol–water partition coefficient (Wildman–Crippen LogP) is 4.59. The maximum absolute atomic E-state index is 13.2. The normalized spacial score (nSPS) is 15.7. The number of fused-ring (bicyclic) bond motifs is 1. The minimum atomic E-state index is -0.323. The molecule has 4 aromatic rings. The first-order chi connectivity index (χ1) is 18.9. The topological polar surface area (TPSA) is 137 Å². The number of aliphatic hydroxyl groups excluding tert-OH is 1. The summed E-state index contributed by atoms with van der Waals surface area (Å²) in [5.74, 6) is 0.404. The highest BCUT2D eigenvalue weighted by Gasteiger charge is 2.32. The Morgan fingerprint density at radius 2 is 2.18 bits per heavy atom. The molecule has 0 saturated carbocycles. The third kappa shape index (κ3) is 5.48. The Labute approximate surface area is 229 Å². The second kappa shape index (κ2) is 11.2. The molecule has 0 aliphatic carbocycles. The number of hydrogen-bond acceptors (Lipinski definition) is 8. The highest BCUT2D eigenvalue weighted by atomic mass is 32.1. The lowest BCUT2D eigenvalue weighted by Crippen LogP contribution is -2.39. The van der Waals surface area contributed by atoms with E-state index < -0.39 is 0 Å². The highest BCUT2D eigenvalue weighted by molar-refractivity contribution is 7.17. The first-order valence-electron chi connectivity index (χ1n) is 12.7. The molecule has 1 aliphatic rings.